The van der Waals surface area contributed by atoms with Gasteiger partial charge >= 0.3 is 0 Å². The molecule has 2 fully saturated rings. The minimum Gasteiger partial charge on any atom is -0.750 e. The average molecular weight is 490 g/mol. The summed E-state index contributed by atoms with van der Waals surface area (Å²) in [6.07, 6.45) is 14.2. The molecule has 0 N–H and O–H groups in total. The minimum absolute atomic E-state index is 0.134. The lowest BCUT2D eigenvalue weighted by atomic mass is 9.43. The van der Waals surface area contributed by atoms with Gasteiger partial charge in [0, 0.05) is 0 Å². The van der Waals surface area contributed by atoms with E-state index in [9.17, 15) is 8.76 Å². The summed E-state index contributed by atoms with van der Waals surface area (Å²) in [7, 11) is 0. The van der Waals surface area contributed by atoms with Gasteiger partial charge in [0.1, 0.15) is 0 Å². The molecule has 0 aromatic heterocycles. The Kier molecular flexibility index (Phi) is 7.15. The van der Waals surface area contributed by atoms with E-state index in [0.717, 1.165) is 24.7 Å². The van der Waals surface area contributed by atoms with Gasteiger partial charge in [-0.2, -0.15) is 0 Å². The van der Waals surface area contributed by atoms with Crippen molar-refractivity contribution in [2.45, 2.75) is 126 Å². The molecule has 0 amide bonds. The van der Waals surface area contributed by atoms with Crippen LogP contribution in [0.3, 0.4) is 0 Å². The lowest BCUT2D eigenvalue weighted by molar-refractivity contribution is -0.0839. The van der Waals surface area contributed by atoms with E-state index in [2.05, 4.69) is 61.5 Å². The topological polar surface area (TPSA) is 49.4 Å². The molecule has 0 heterocycles. The normalized spacial score (nSPS) is 42.9. The fourth-order valence-electron chi connectivity index (χ4n) is 9.72. The van der Waals surface area contributed by atoms with E-state index in [1.54, 1.807) is 5.57 Å². The van der Waals surface area contributed by atoms with Crippen molar-refractivity contribution >= 4 is 11.4 Å². The van der Waals surface area contributed by atoms with Gasteiger partial charge in [-0.15, -0.1) is 0 Å². The monoisotopic (exact) mass is 489 g/mol. The fourth-order valence-corrected chi connectivity index (χ4v) is 10.3. The van der Waals surface area contributed by atoms with E-state index in [-0.39, 0.29) is 16.9 Å². The first kappa shape index (κ1) is 26.6. The van der Waals surface area contributed by atoms with Crippen molar-refractivity contribution in [2.75, 3.05) is 0 Å². The van der Waals surface area contributed by atoms with E-state index in [4.69, 9.17) is 4.18 Å². The molecular formula is C30H49O3S-. The molecule has 194 valence electrons. The molecule has 0 radical (unpaired) electrons. The van der Waals surface area contributed by atoms with Gasteiger partial charge in [0.2, 0.25) is 0 Å². The average Bonchev–Trinajstić information content (AvgIpc) is 3.01. The van der Waals surface area contributed by atoms with E-state index in [0.29, 0.717) is 16.7 Å². The van der Waals surface area contributed by atoms with Crippen molar-refractivity contribution in [1.82, 2.24) is 0 Å². The van der Waals surface area contributed by atoms with E-state index in [1.807, 2.05) is 5.57 Å². The summed E-state index contributed by atoms with van der Waals surface area (Å²) < 4.78 is 28.2. The molecule has 0 aliphatic heterocycles. The first-order chi connectivity index (χ1) is 15.8. The third-order valence-corrected chi connectivity index (χ3v) is 12.2. The van der Waals surface area contributed by atoms with Crippen LogP contribution in [0.15, 0.2) is 22.8 Å². The summed E-state index contributed by atoms with van der Waals surface area (Å²) in [6, 6.07) is 0. The zero-order chi connectivity index (χ0) is 25.1. The van der Waals surface area contributed by atoms with E-state index < -0.39 is 11.4 Å². The summed E-state index contributed by atoms with van der Waals surface area (Å²) in [5.74, 6) is 2.07. The molecule has 4 rings (SSSR count). The summed E-state index contributed by atoms with van der Waals surface area (Å²) in [5, 5.41) is 0. The standard InChI is InChI=1S/C30H50O3S/c1-20(2)10-9-11-21(3)22-14-18-30(8)24-12-13-25-27(4,5)26(33-34(31)32)16-17-28(25,6)23(24)15-19-29(22,30)7/h10,21-22,25-26H,9,11-19H2,1-8H3,(H,31,32)/p-1/t21-,22-,25?,26+,28-,29-,30+/m1/s1. The van der Waals surface area contributed by atoms with Crippen LogP contribution in [0.5, 0.6) is 0 Å². The second-order valence-corrected chi connectivity index (χ2v) is 14.4. The van der Waals surface area contributed by atoms with Crippen molar-refractivity contribution in [2.24, 2.45) is 39.4 Å². The molecule has 4 aliphatic rings. The van der Waals surface area contributed by atoms with Gasteiger partial charge in [0.05, 0.1) is 17.5 Å². The molecule has 4 heteroatoms. The Hall–Kier alpha value is -0.450. The molecule has 0 bridgehead atoms. The highest BCUT2D eigenvalue weighted by molar-refractivity contribution is 7.74. The number of fused-ring (bicyclic) bond motifs is 4. The van der Waals surface area contributed by atoms with Crippen LogP contribution < -0.4 is 0 Å². The van der Waals surface area contributed by atoms with Crippen LogP contribution in [0.25, 0.3) is 0 Å². The Morgan fingerprint density at radius 1 is 1.06 bits per heavy atom. The van der Waals surface area contributed by atoms with Crippen molar-refractivity contribution < 1.29 is 12.9 Å². The van der Waals surface area contributed by atoms with Crippen LogP contribution in [0.1, 0.15) is 120 Å². The van der Waals surface area contributed by atoms with Gasteiger partial charge in [0.25, 0.3) is 0 Å². The smallest absolute Gasteiger partial charge is 0.0845 e. The quantitative estimate of drug-likeness (QED) is 0.278. The van der Waals surface area contributed by atoms with Crippen molar-refractivity contribution in [3.05, 3.63) is 22.8 Å². The van der Waals surface area contributed by atoms with Crippen LogP contribution in [0.2, 0.25) is 0 Å². The van der Waals surface area contributed by atoms with Crippen molar-refractivity contribution in [1.29, 1.82) is 0 Å². The van der Waals surface area contributed by atoms with Gasteiger partial charge < -0.3 is 4.55 Å². The second kappa shape index (κ2) is 9.14. The molecule has 0 aromatic carbocycles. The summed E-state index contributed by atoms with van der Waals surface area (Å²) in [4.78, 5) is 0. The predicted octanol–water partition coefficient (Wildman–Crippen LogP) is 8.30. The molecular weight excluding hydrogens is 440 g/mol. The van der Waals surface area contributed by atoms with Crippen LogP contribution in [-0.4, -0.2) is 14.9 Å². The highest BCUT2D eigenvalue weighted by atomic mass is 32.2. The van der Waals surface area contributed by atoms with Crippen molar-refractivity contribution in [3.63, 3.8) is 0 Å². The number of hydrogen-bond acceptors (Lipinski definition) is 3. The van der Waals surface area contributed by atoms with Gasteiger partial charge in [-0.05, 0) is 117 Å². The zero-order valence-electron chi connectivity index (χ0n) is 23.1. The highest BCUT2D eigenvalue weighted by Gasteiger charge is 2.63. The first-order valence-corrected chi connectivity index (χ1v) is 14.9. The van der Waals surface area contributed by atoms with Gasteiger partial charge in [0.15, 0.2) is 0 Å². The Morgan fingerprint density at radius 2 is 1.76 bits per heavy atom. The molecule has 2 saturated carbocycles. The Labute approximate surface area is 212 Å². The molecule has 0 saturated heterocycles. The van der Waals surface area contributed by atoms with Gasteiger partial charge in [-0.3, -0.25) is 4.18 Å². The number of allylic oxidation sites excluding steroid dienone is 4. The first-order valence-electron chi connectivity index (χ1n) is 13.9. The molecule has 0 spiro atoms. The van der Waals surface area contributed by atoms with E-state index >= 15 is 0 Å². The van der Waals surface area contributed by atoms with Crippen LogP contribution >= 0.6 is 0 Å². The summed E-state index contributed by atoms with van der Waals surface area (Å²) in [5.41, 5.74) is 5.77. The minimum atomic E-state index is -2.44. The third-order valence-electron chi connectivity index (χ3n) is 11.8. The molecule has 34 heavy (non-hydrogen) atoms. The lowest BCUT2D eigenvalue weighted by Gasteiger charge is -2.62. The van der Waals surface area contributed by atoms with Gasteiger partial charge in [-0.25, -0.2) is 4.21 Å². The number of hydrogen-bond donors (Lipinski definition) is 0. The molecule has 8 atom stereocenters. The second-order valence-electron chi connectivity index (χ2n) is 13.8. The maximum absolute atomic E-state index is 11.4. The largest absolute Gasteiger partial charge is 0.750 e. The maximum Gasteiger partial charge on any atom is 0.0845 e. The molecule has 0 aromatic rings. The fraction of sp³-hybridized carbons (Fsp3) is 0.867. The zero-order valence-corrected chi connectivity index (χ0v) is 23.9. The van der Waals surface area contributed by atoms with Gasteiger partial charge in [-0.1, -0.05) is 64.3 Å². The van der Waals surface area contributed by atoms with Crippen LogP contribution in [-0.2, 0) is 15.5 Å². The summed E-state index contributed by atoms with van der Waals surface area (Å²) >= 11 is -2.44. The molecule has 3 nitrogen and oxygen atoms in total. The SMILES string of the molecule is CC(C)=CCC[C@@H](C)[C@H]1CC[C@@]2(C)C3=C(CC[C@]12C)[C@@]1(C)CC[C@H](OS(=O)[O-])C(C)(C)C1CC3. The Balaban J connectivity index is 1.63. The highest BCUT2D eigenvalue weighted by Crippen LogP contribution is 2.72. The third kappa shape index (κ3) is 4.02. The van der Waals surface area contributed by atoms with Crippen LogP contribution in [0, 0.1) is 39.4 Å². The van der Waals surface area contributed by atoms with Crippen molar-refractivity contribution in [3.8, 4) is 0 Å². The Bertz CT molecular complexity index is 883. The number of rotatable bonds is 6. The van der Waals surface area contributed by atoms with Crippen LogP contribution in [0.4, 0.5) is 0 Å². The van der Waals surface area contributed by atoms with E-state index in [1.165, 1.54) is 56.9 Å². The maximum atomic E-state index is 11.4. The lowest BCUT2D eigenvalue weighted by Crippen LogP contribution is -2.55. The predicted molar refractivity (Wildman–Crippen MR) is 141 cm³/mol. The molecule has 2 unspecified atom stereocenters. The molecule has 4 aliphatic carbocycles. The Morgan fingerprint density at radius 3 is 2.41 bits per heavy atom. The summed E-state index contributed by atoms with van der Waals surface area (Å²) in [6.45, 7) is 19.2.